The standard InChI is InChI=1S/C8H10O5/c1-8(3-2-4(9)13-8)6-5(12-6)7(10)11/h5-6H,2-3H2,1H3,(H,10,11). The van der Waals surface area contributed by atoms with Gasteiger partial charge in [-0.25, -0.2) is 4.79 Å². The van der Waals surface area contributed by atoms with E-state index in [1.807, 2.05) is 0 Å². The van der Waals surface area contributed by atoms with Crippen LogP contribution >= 0.6 is 0 Å². The number of rotatable bonds is 2. The molecule has 5 heteroatoms. The van der Waals surface area contributed by atoms with Gasteiger partial charge in [0.1, 0.15) is 11.7 Å². The zero-order valence-electron chi connectivity index (χ0n) is 7.15. The summed E-state index contributed by atoms with van der Waals surface area (Å²) in [6.45, 7) is 1.71. The van der Waals surface area contributed by atoms with Crippen LogP contribution in [-0.2, 0) is 19.1 Å². The summed E-state index contributed by atoms with van der Waals surface area (Å²) in [6, 6.07) is 0. The molecule has 13 heavy (non-hydrogen) atoms. The van der Waals surface area contributed by atoms with Crippen molar-refractivity contribution in [2.24, 2.45) is 0 Å². The van der Waals surface area contributed by atoms with E-state index in [9.17, 15) is 9.59 Å². The van der Waals surface area contributed by atoms with E-state index in [0.717, 1.165) is 0 Å². The van der Waals surface area contributed by atoms with Gasteiger partial charge in [-0.2, -0.15) is 0 Å². The number of carbonyl (C=O) groups is 2. The molecule has 0 saturated carbocycles. The quantitative estimate of drug-likeness (QED) is 0.482. The molecule has 72 valence electrons. The molecule has 0 aromatic heterocycles. The van der Waals surface area contributed by atoms with Gasteiger partial charge in [0.05, 0.1) is 0 Å². The number of epoxide rings is 1. The first-order valence-electron chi connectivity index (χ1n) is 4.13. The first-order valence-corrected chi connectivity index (χ1v) is 4.13. The van der Waals surface area contributed by atoms with Crippen molar-refractivity contribution < 1.29 is 24.2 Å². The number of hydrogen-bond acceptors (Lipinski definition) is 4. The van der Waals surface area contributed by atoms with Gasteiger partial charge in [-0.3, -0.25) is 4.79 Å². The van der Waals surface area contributed by atoms with E-state index in [0.29, 0.717) is 12.8 Å². The average Bonchev–Trinajstić information content (AvgIpc) is 2.75. The minimum atomic E-state index is -0.992. The molecule has 0 aromatic carbocycles. The van der Waals surface area contributed by atoms with E-state index < -0.39 is 23.8 Å². The normalized spacial score (nSPS) is 43.0. The predicted octanol–water partition coefficient (Wildman–Crippen LogP) is -0.0659. The maximum absolute atomic E-state index is 10.8. The SMILES string of the molecule is CC1(C2OC2C(=O)O)CCC(=O)O1. The molecule has 2 rings (SSSR count). The van der Waals surface area contributed by atoms with Crippen molar-refractivity contribution >= 4 is 11.9 Å². The van der Waals surface area contributed by atoms with Gasteiger partial charge < -0.3 is 14.6 Å². The highest BCUT2D eigenvalue weighted by Gasteiger charge is 2.60. The number of carbonyl (C=O) groups excluding carboxylic acids is 1. The van der Waals surface area contributed by atoms with Gasteiger partial charge in [-0.15, -0.1) is 0 Å². The Labute approximate surface area is 74.6 Å². The fraction of sp³-hybridized carbons (Fsp3) is 0.750. The summed E-state index contributed by atoms with van der Waals surface area (Å²) in [5, 5.41) is 8.60. The number of ether oxygens (including phenoxy) is 2. The van der Waals surface area contributed by atoms with Gasteiger partial charge in [0.25, 0.3) is 0 Å². The summed E-state index contributed by atoms with van der Waals surface area (Å²) in [5.74, 6) is -1.27. The van der Waals surface area contributed by atoms with Crippen LogP contribution in [0.2, 0.25) is 0 Å². The van der Waals surface area contributed by atoms with E-state index in [1.165, 1.54) is 0 Å². The van der Waals surface area contributed by atoms with Crippen LogP contribution in [0, 0.1) is 0 Å². The minimum absolute atomic E-state index is 0.276. The topological polar surface area (TPSA) is 76.1 Å². The molecule has 0 aliphatic carbocycles. The number of cyclic esters (lactones) is 1. The lowest BCUT2D eigenvalue weighted by atomic mass is 9.96. The van der Waals surface area contributed by atoms with Gasteiger partial charge in [0.15, 0.2) is 6.10 Å². The summed E-state index contributed by atoms with van der Waals surface area (Å²) < 4.78 is 9.96. The van der Waals surface area contributed by atoms with E-state index in [2.05, 4.69) is 0 Å². The van der Waals surface area contributed by atoms with Crippen molar-refractivity contribution in [2.45, 2.75) is 37.6 Å². The van der Waals surface area contributed by atoms with Crippen molar-refractivity contribution in [3.8, 4) is 0 Å². The second-order valence-corrected chi connectivity index (χ2v) is 3.60. The Morgan fingerprint density at radius 1 is 1.69 bits per heavy atom. The zero-order chi connectivity index (χ0) is 9.64. The third-order valence-electron chi connectivity index (χ3n) is 2.51. The highest BCUT2D eigenvalue weighted by Crippen LogP contribution is 2.41. The summed E-state index contributed by atoms with van der Waals surface area (Å²) in [5.41, 5.74) is -0.722. The molecule has 2 aliphatic heterocycles. The zero-order valence-corrected chi connectivity index (χ0v) is 7.15. The average molecular weight is 186 g/mol. The summed E-state index contributed by atoms with van der Waals surface area (Å²) in [4.78, 5) is 21.3. The van der Waals surface area contributed by atoms with Crippen molar-refractivity contribution in [3.05, 3.63) is 0 Å². The highest BCUT2D eigenvalue weighted by molar-refractivity contribution is 5.77. The molecule has 2 heterocycles. The Hall–Kier alpha value is -1.10. The van der Waals surface area contributed by atoms with Gasteiger partial charge in [-0.1, -0.05) is 0 Å². The van der Waals surface area contributed by atoms with E-state index in [4.69, 9.17) is 14.6 Å². The van der Waals surface area contributed by atoms with Crippen LogP contribution in [-0.4, -0.2) is 34.9 Å². The second-order valence-electron chi connectivity index (χ2n) is 3.60. The van der Waals surface area contributed by atoms with Crippen LogP contribution < -0.4 is 0 Å². The van der Waals surface area contributed by atoms with E-state index >= 15 is 0 Å². The second kappa shape index (κ2) is 2.45. The largest absolute Gasteiger partial charge is 0.479 e. The lowest BCUT2D eigenvalue weighted by Crippen LogP contribution is -2.33. The Bertz CT molecular complexity index is 274. The Morgan fingerprint density at radius 2 is 2.38 bits per heavy atom. The van der Waals surface area contributed by atoms with Crippen LogP contribution in [0.15, 0.2) is 0 Å². The molecule has 1 N–H and O–H groups in total. The molecule has 3 atom stereocenters. The molecular weight excluding hydrogens is 176 g/mol. The lowest BCUT2D eigenvalue weighted by Gasteiger charge is -2.19. The van der Waals surface area contributed by atoms with Crippen LogP contribution in [0.25, 0.3) is 0 Å². The maximum atomic E-state index is 10.8. The molecule has 0 radical (unpaired) electrons. The first kappa shape index (κ1) is 8.50. The van der Waals surface area contributed by atoms with Gasteiger partial charge >= 0.3 is 11.9 Å². The van der Waals surface area contributed by atoms with Crippen LogP contribution in [0.3, 0.4) is 0 Å². The number of esters is 1. The first-order chi connectivity index (χ1) is 6.03. The lowest BCUT2D eigenvalue weighted by molar-refractivity contribution is -0.149. The predicted molar refractivity (Wildman–Crippen MR) is 40.0 cm³/mol. The third-order valence-corrected chi connectivity index (χ3v) is 2.51. The van der Waals surface area contributed by atoms with Gasteiger partial charge in [-0.05, 0) is 6.92 Å². The highest BCUT2D eigenvalue weighted by atomic mass is 16.7. The Morgan fingerprint density at radius 3 is 2.77 bits per heavy atom. The molecule has 3 unspecified atom stereocenters. The molecule has 0 aromatic rings. The van der Waals surface area contributed by atoms with Crippen molar-refractivity contribution in [3.63, 3.8) is 0 Å². The summed E-state index contributed by atoms with van der Waals surface area (Å²) >= 11 is 0. The molecule has 5 nitrogen and oxygen atoms in total. The maximum Gasteiger partial charge on any atom is 0.335 e. The fourth-order valence-electron chi connectivity index (χ4n) is 1.68. The van der Waals surface area contributed by atoms with Crippen LogP contribution in [0.5, 0.6) is 0 Å². The van der Waals surface area contributed by atoms with Gasteiger partial charge in [0, 0.05) is 12.8 Å². The Kier molecular flexibility index (Phi) is 1.60. The molecule has 2 fully saturated rings. The number of aliphatic carboxylic acids is 1. The summed E-state index contributed by atoms with van der Waals surface area (Å²) in [7, 11) is 0. The molecule has 0 bridgehead atoms. The number of carboxylic acids is 1. The number of hydrogen-bond donors (Lipinski definition) is 1. The van der Waals surface area contributed by atoms with Gasteiger partial charge in [0.2, 0.25) is 0 Å². The molecule has 0 spiro atoms. The van der Waals surface area contributed by atoms with Crippen molar-refractivity contribution in [1.29, 1.82) is 0 Å². The molecule has 0 amide bonds. The monoisotopic (exact) mass is 186 g/mol. The summed E-state index contributed by atoms with van der Waals surface area (Å²) in [6.07, 6.45) is -0.365. The van der Waals surface area contributed by atoms with Crippen molar-refractivity contribution in [1.82, 2.24) is 0 Å². The van der Waals surface area contributed by atoms with Crippen LogP contribution in [0.1, 0.15) is 19.8 Å². The smallest absolute Gasteiger partial charge is 0.335 e. The minimum Gasteiger partial charge on any atom is -0.479 e. The third kappa shape index (κ3) is 1.29. The van der Waals surface area contributed by atoms with E-state index in [-0.39, 0.29) is 5.97 Å². The molecule has 2 aliphatic rings. The Balaban J connectivity index is 2.03. The molecular formula is C8H10O5. The van der Waals surface area contributed by atoms with Crippen molar-refractivity contribution in [2.75, 3.05) is 0 Å². The van der Waals surface area contributed by atoms with E-state index in [1.54, 1.807) is 6.92 Å². The van der Waals surface area contributed by atoms with Crippen LogP contribution in [0.4, 0.5) is 0 Å². The number of carboxylic acid groups (broad SMARTS) is 1. The molecule has 2 saturated heterocycles. The fourth-order valence-corrected chi connectivity index (χ4v) is 1.68.